The number of hydrogen-bond acceptors (Lipinski definition) is 1. The fourth-order valence-electron chi connectivity index (χ4n) is 1.39. The van der Waals surface area contributed by atoms with Crippen LogP contribution in [0, 0.1) is 0 Å². The van der Waals surface area contributed by atoms with Gasteiger partial charge in [-0.2, -0.15) is 0 Å². The highest BCUT2D eigenvalue weighted by molar-refractivity contribution is 5.62. The molecule has 0 heterocycles. The monoisotopic (exact) mass is 238 g/mol. The predicted molar refractivity (Wildman–Crippen MR) is 75.9 cm³/mol. The molecule has 0 aliphatic heterocycles. The summed E-state index contributed by atoms with van der Waals surface area (Å²) in [5.41, 5.74) is 2.42. The average Bonchev–Trinajstić information content (AvgIpc) is 2.30. The molecule has 0 saturated carbocycles. The molecule has 0 unspecified atom stereocenters. The normalized spacial score (nSPS) is 10.1. The molecule has 98 valence electrons. The van der Waals surface area contributed by atoms with E-state index in [0.717, 1.165) is 13.0 Å². The molecule has 0 spiro atoms. The first-order chi connectivity index (χ1) is 7.34. The Hall–Kier alpha value is -1.28. The van der Waals surface area contributed by atoms with Crippen LogP contribution in [0.4, 0.5) is 0 Å². The third kappa shape index (κ3) is 7.58. The smallest absolute Gasteiger partial charge is 0.0873 e. The number of allylic oxidation sites excluding steroid dienone is 1. The van der Waals surface area contributed by atoms with E-state index in [-0.39, 0.29) is 12.9 Å². The van der Waals surface area contributed by atoms with Crippen LogP contribution in [0.5, 0.6) is 0 Å². The molecule has 0 aliphatic carbocycles. The predicted octanol–water partition coefficient (Wildman–Crippen LogP) is 4.07. The summed E-state index contributed by atoms with van der Waals surface area (Å²) in [5.74, 6) is 0. The second-order valence-corrected chi connectivity index (χ2v) is 3.74. The summed E-state index contributed by atoms with van der Waals surface area (Å²) in [6, 6.07) is 10.3. The van der Waals surface area contributed by atoms with Crippen LogP contribution in [-0.2, 0) is 4.74 Å². The first-order valence-electron chi connectivity index (χ1n) is 5.68. The number of ether oxygens (including phenoxy) is 1. The van der Waals surface area contributed by atoms with E-state index in [9.17, 15) is 0 Å². The summed E-state index contributed by atoms with van der Waals surface area (Å²) >= 11 is 0. The number of rotatable bonds is 6. The lowest BCUT2D eigenvalue weighted by Crippen LogP contribution is -1.88. The molecule has 1 aromatic carbocycles. The van der Waals surface area contributed by atoms with Gasteiger partial charge in [0.25, 0.3) is 0 Å². The van der Waals surface area contributed by atoms with Crippen molar-refractivity contribution in [2.45, 2.75) is 40.5 Å². The SMILES string of the molecule is C.CCCCCOC=C(C)c1ccccc1.O. The molecule has 0 saturated heterocycles. The van der Waals surface area contributed by atoms with Crippen LogP contribution in [-0.4, -0.2) is 12.1 Å². The Morgan fingerprint density at radius 1 is 1.18 bits per heavy atom. The first kappa shape index (κ1) is 18.1. The van der Waals surface area contributed by atoms with Crippen LogP contribution in [0.1, 0.15) is 46.1 Å². The molecule has 0 atom stereocenters. The van der Waals surface area contributed by atoms with E-state index >= 15 is 0 Å². The van der Waals surface area contributed by atoms with E-state index in [1.165, 1.54) is 24.0 Å². The average molecular weight is 238 g/mol. The minimum absolute atomic E-state index is 0. The van der Waals surface area contributed by atoms with Crippen molar-refractivity contribution < 1.29 is 10.2 Å². The summed E-state index contributed by atoms with van der Waals surface area (Å²) in [4.78, 5) is 0. The first-order valence-corrected chi connectivity index (χ1v) is 5.68. The number of unbranched alkanes of at least 4 members (excludes halogenated alkanes) is 2. The molecule has 1 aromatic rings. The summed E-state index contributed by atoms with van der Waals surface area (Å²) < 4.78 is 5.49. The van der Waals surface area contributed by atoms with Gasteiger partial charge in [0.1, 0.15) is 0 Å². The summed E-state index contributed by atoms with van der Waals surface area (Å²) in [7, 11) is 0. The molecule has 0 amide bonds. The van der Waals surface area contributed by atoms with Gasteiger partial charge in [-0.15, -0.1) is 0 Å². The fraction of sp³-hybridized carbons (Fsp3) is 0.467. The molecule has 0 aromatic heterocycles. The van der Waals surface area contributed by atoms with E-state index in [1.807, 2.05) is 24.5 Å². The fourth-order valence-corrected chi connectivity index (χ4v) is 1.39. The second kappa shape index (κ2) is 11.2. The number of benzene rings is 1. The van der Waals surface area contributed by atoms with Crippen molar-refractivity contribution in [1.29, 1.82) is 0 Å². The molecule has 0 radical (unpaired) electrons. The Morgan fingerprint density at radius 3 is 2.41 bits per heavy atom. The highest BCUT2D eigenvalue weighted by atomic mass is 16.5. The maximum absolute atomic E-state index is 5.49. The molecule has 2 N–H and O–H groups in total. The Morgan fingerprint density at radius 2 is 1.82 bits per heavy atom. The summed E-state index contributed by atoms with van der Waals surface area (Å²) in [6.07, 6.45) is 5.50. The molecular formula is C15H26O2. The quantitative estimate of drug-likeness (QED) is 0.544. The summed E-state index contributed by atoms with van der Waals surface area (Å²) in [6.45, 7) is 5.11. The van der Waals surface area contributed by atoms with Gasteiger partial charge in [0.05, 0.1) is 12.9 Å². The van der Waals surface area contributed by atoms with Gasteiger partial charge < -0.3 is 10.2 Å². The van der Waals surface area contributed by atoms with E-state index in [2.05, 4.69) is 26.0 Å². The van der Waals surface area contributed by atoms with Crippen molar-refractivity contribution in [2.75, 3.05) is 6.61 Å². The van der Waals surface area contributed by atoms with Crippen molar-refractivity contribution in [1.82, 2.24) is 0 Å². The lowest BCUT2D eigenvalue weighted by Gasteiger charge is -2.03. The van der Waals surface area contributed by atoms with Crippen molar-refractivity contribution >= 4 is 5.57 Å². The maximum Gasteiger partial charge on any atom is 0.0873 e. The zero-order valence-corrected chi connectivity index (χ0v) is 10.2. The Bertz CT molecular complexity index is 291. The van der Waals surface area contributed by atoms with E-state index in [0.29, 0.717) is 0 Å². The minimum Gasteiger partial charge on any atom is -0.501 e. The van der Waals surface area contributed by atoms with Crippen LogP contribution < -0.4 is 0 Å². The second-order valence-electron chi connectivity index (χ2n) is 3.74. The van der Waals surface area contributed by atoms with E-state index < -0.39 is 0 Å². The van der Waals surface area contributed by atoms with Crippen LogP contribution in [0.3, 0.4) is 0 Å². The van der Waals surface area contributed by atoms with Gasteiger partial charge in [0.2, 0.25) is 0 Å². The van der Waals surface area contributed by atoms with Crippen molar-refractivity contribution in [3.8, 4) is 0 Å². The van der Waals surface area contributed by atoms with Gasteiger partial charge in [0, 0.05) is 0 Å². The molecule has 17 heavy (non-hydrogen) atoms. The zero-order valence-electron chi connectivity index (χ0n) is 10.2. The summed E-state index contributed by atoms with van der Waals surface area (Å²) in [5, 5.41) is 0. The molecular weight excluding hydrogens is 212 g/mol. The van der Waals surface area contributed by atoms with Gasteiger partial charge in [-0.3, -0.25) is 0 Å². The Balaban J connectivity index is 0. The third-order valence-corrected chi connectivity index (χ3v) is 2.35. The molecule has 2 heteroatoms. The highest BCUT2D eigenvalue weighted by Crippen LogP contribution is 2.12. The maximum atomic E-state index is 5.49. The van der Waals surface area contributed by atoms with Crippen LogP contribution in [0.15, 0.2) is 36.6 Å². The third-order valence-electron chi connectivity index (χ3n) is 2.35. The van der Waals surface area contributed by atoms with Crippen molar-refractivity contribution in [3.63, 3.8) is 0 Å². The minimum atomic E-state index is 0. The van der Waals surface area contributed by atoms with Gasteiger partial charge in [0.15, 0.2) is 0 Å². The molecule has 1 rings (SSSR count). The molecule has 0 aliphatic rings. The van der Waals surface area contributed by atoms with Crippen LogP contribution in [0.25, 0.3) is 5.57 Å². The Kier molecular flexibility index (Phi) is 11.9. The zero-order chi connectivity index (χ0) is 10.9. The van der Waals surface area contributed by atoms with Crippen molar-refractivity contribution in [2.24, 2.45) is 0 Å². The molecule has 2 nitrogen and oxygen atoms in total. The van der Waals surface area contributed by atoms with Crippen molar-refractivity contribution in [3.05, 3.63) is 42.2 Å². The Labute approximate surface area is 106 Å². The van der Waals surface area contributed by atoms with Crippen LogP contribution >= 0.6 is 0 Å². The topological polar surface area (TPSA) is 40.7 Å². The lowest BCUT2D eigenvalue weighted by molar-refractivity contribution is 0.243. The standard InChI is InChI=1S/C14H20O.CH4.H2O/c1-3-4-8-11-15-12-13(2)14-9-6-5-7-10-14;;/h5-7,9-10,12H,3-4,8,11H2,1-2H3;1H4;1H2. The van der Waals surface area contributed by atoms with Crippen LogP contribution in [0.2, 0.25) is 0 Å². The van der Waals surface area contributed by atoms with Gasteiger partial charge in [-0.25, -0.2) is 0 Å². The van der Waals surface area contributed by atoms with Gasteiger partial charge >= 0.3 is 0 Å². The van der Waals surface area contributed by atoms with Gasteiger partial charge in [-0.1, -0.05) is 57.5 Å². The highest BCUT2D eigenvalue weighted by Gasteiger charge is 1.93. The molecule has 0 bridgehead atoms. The lowest BCUT2D eigenvalue weighted by atomic mass is 10.1. The number of hydrogen-bond donors (Lipinski definition) is 0. The largest absolute Gasteiger partial charge is 0.501 e. The van der Waals surface area contributed by atoms with Gasteiger partial charge in [-0.05, 0) is 24.5 Å². The molecule has 0 fully saturated rings. The van der Waals surface area contributed by atoms with E-state index in [1.54, 1.807) is 0 Å². The van der Waals surface area contributed by atoms with E-state index in [4.69, 9.17) is 4.74 Å².